The number of ether oxygens (including phenoxy) is 1. The van der Waals surface area contributed by atoms with Crippen LogP contribution in [0.2, 0.25) is 0 Å². The Morgan fingerprint density at radius 3 is 2.77 bits per heavy atom. The lowest BCUT2D eigenvalue weighted by molar-refractivity contribution is -0.115. The number of aryl methyl sites for hydroxylation is 3. The summed E-state index contributed by atoms with van der Waals surface area (Å²) in [5, 5.41) is 13.9. The number of carbonyl (C=O) groups excluding carboxylic acids is 2. The van der Waals surface area contributed by atoms with Gasteiger partial charge in [-0.3, -0.25) is 9.20 Å². The molecule has 1 amide bonds. The van der Waals surface area contributed by atoms with Crippen molar-refractivity contribution in [3.05, 3.63) is 51.4 Å². The fraction of sp³-hybridized carbons (Fsp3) is 0.385. The number of esters is 1. The third-order valence-corrected chi connectivity index (χ3v) is 9.11. The summed E-state index contributed by atoms with van der Waals surface area (Å²) in [6.45, 7) is 6.13. The van der Waals surface area contributed by atoms with Crippen molar-refractivity contribution < 1.29 is 14.3 Å². The standard InChI is InChI=1S/C26H28N4O3S2/c1-5-18(23(31)27-24-21(25(32)33-4)17-10-6-7-12-19(17)34-24)35-26-29-28-20-13-15(3)16-11-8-9-14(2)22(16)30(20)26/h8-9,11,13,18H,5-7,10,12H2,1-4H3,(H,27,31). The maximum Gasteiger partial charge on any atom is 0.341 e. The molecule has 3 aromatic heterocycles. The van der Waals surface area contributed by atoms with Gasteiger partial charge in [-0.05, 0) is 68.7 Å². The van der Waals surface area contributed by atoms with Crippen molar-refractivity contribution in [3.63, 3.8) is 0 Å². The van der Waals surface area contributed by atoms with Crippen LogP contribution in [0.1, 0.15) is 58.1 Å². The van der Waals surface area contributed by atoms with E-state index in [0.717, 1.165) is 58.9 Å². The Balaban J connectivity index is 1.48. The number of anilines is 1. The highest BCUT2D eigenvalue weighted by molar-refractivity contribution is 8.00. The van der Waals surface area contributed by atoms with Crippen molar-refractivity contribution in [3.8, 4) is 0 Å². The van der Waals surface area contributed by atoms with E-state index in [0.29, 0.717) is 22.1 Å². The predicted octanol–water partition coefficient (Wildman–Crippen LogP) is 5.74. The average molecular weight is 509 g/mol. The van der Waals surface area contributed by atoms with Gasteiger partial charge in [-0.25, -0.2) is 4.79 Å². The van der Waals surface area contributed by atoms with Crippen LogP contribution in [-0.2, 0) is 22.4 Å². The number of thiophene rings is 1. The summed E-state index contributed by atoms with van der Waals surface area (Å²) in [5.74, 6) is -0.535. The Morgan fingerprint density at radius 1 is 1.20 bits per heavy atom. The van der Waals surface area contributed by atoms with E-state index >= 15 is 0 Å². The summed E-state index contributed by atoms with van der Waals surface area (Å²) in [6, 6.07) is 8.25. The van der Waals surface area contributed by atoms with Gasteiger partial charge in [-0.1, -0.05) is 36.9 Å². The number of pyridine rings is 1. The lowest BCUT2D eigenvalue weighted by Crippen LogP contribution is -2.25. The van der Waals surface area contributed by atoms with Gasteiger partial charge in [0.05, 0.1) is 23.4 Å². The van der Waals surface area contributed by atoms with E-state index in [-0.39, 0.29) is 11.9 Å². The van der Waals surface area contributed by atoms with Crippen LogP contribution in [0.3, 0.4) is 0 Å². The Bertz CT molecular complexity index is 1460. The predicted molar refractivity (Wildman–Crippen MR) is 141 cm³/mol. The molecule has 1 atom stereocenters. The second-order valence-electron chi connectivity index (χ2n) is 8.89. The zero-order valence-corrected chi connectivity index (χ0v) is 21.9. The number of thioether (sulfide) groups is 1. The van der Waals surface area contributed by atoms with Gasteiger partial charge in [0.1, 0.15) is 5.00 Å². The van der Waals surface area contributed by atoms with Crippen molar-refractivity contribution in [2.24, 2.45) is 0 Å². The van der Waals surface area contributed by atoms with Crippen LogP contribution in [0.5, 0.6) is 0 Å². The van der Waals surface area contributed by atoms with Crippen molar-refractivity contribution >= 4 is 56.5 Å². The largest absolute Gasteiger partial charge is 0.465 e. The normalized spacial score (nSPS) is 14.2. The average Bonchev–Trinajstić information content (AvgIpc) is 3.42. The number of nitrogens with one attached hydrogen (secondary N) is 1. The van der Waals surface area contributed by atoms with Gasteiger partial charge in [0.15, 0.2) is 10.8 Å². The molecule has 1 unspecified atom stereocenters. The van der Waals surface area contributed by atoms with E-state index < -0.39 is 5.25 Å². The topological polar surface area (TPSA) is 85.6 Å². The highest BCUT2D eigenvalue weighted by Gasteiger charge is 2.29. The minimum atomic E-state index is -0.396. The Morgan fingerprint density at radius 2 is 2.00 bits per heavy atom. The van der Waals surface area contributed by atoms with E-state index in [9.17, 15) is 9.59 Å². The Labute approximate surface area is 212 Å². The van der Waals surface area contributed by atoms with Gasteiger partial charge in [0, 0.05) is 10.3 Å². The van der Waals surface area contributed by atoms with Crippen LogP contribution >= 0.6 is 23.1 Å². The van der Waals surface area contributed by atoms with Gasteiger partial charge >= 0.3 is 5.97 Å². The van der Waals surface area contributed by atoms with Crippen LogP contribution in [-0.4, -0.2) is 38.8 Å². The number of benzene rings is 1. The number of para-hydroxylation sites is 1. The number of methoxy groups -OCH3 is 1. The molecular weight excluding hydrogens is 480 g/mol. The fourth-order valence-corrected chi connectivity index (χ4v) is 7.07. The molecule has 0 aliphatic heterocycles. The minimum Gasteiger partial charge on any atom is -0.465 e. The van der Waals surface area contributed by atoms with E-state index in [2.05, 4.69) is 47.6 Å². The SMILES string of the molecule is CCC(Sc1nnc2cc(C)c3cccc(C)c3n12)C(=O)Nc1sc2c(c1C(=O)OC)CCCC2. The zero-order chi connectivity index (χ0) is 24.7. The molecule has 0 spiro atoms. The molecule has 3 heterocycles. The number of hydrogen-bond donors (Lipinski definition) is 1. The van der Waals surface area contributed by atoms with Crippen LogP contribution in [0.4, 0.5) is 5.00 Å². The van der Waals surface area contributed by atoms with Crippen LogP contribution in [0.15, 0.2) is 29.4 Å². The summed E-state index contributed by atoms with van der Waals surface area (Å²) in [6.07, 6.45) is 4.52. The van der Waals surface area contributed by atoms with E-state index in [4.69, 9.17) is 4.74 Å². The maximum absolute atomic E-state index is 13.4. The molecule has 1 N–H and O–H groups in total. The number of aromatic nitrogens is 3. The van der Waals surface area contributed by atoms with Crippen LogP contribution in [0.25, 0.3) is 16.6 Å². The molecule has 182 valence electrons. The Kier molecular flexibility index (Phi) is 6.55. The summed E-state index contributed by atoms with van der Waals surface area (Å²) in [5.41, 5.74) is 5.64. The van der Waals surface area contributed by atoms with Crippen LogP contribution < -0.4 is 5.32 Å². The molecule has 0 radical (unpaired) electrons. The molecule has 7 nitrogen and oxygen atoms in total. The number of amides is 1. The number of hydrogen-bond acceptors (Lipinski definition) is 7. The molecular formula is C26H28N4O3S2. The minimum absolute atomic E-state index is 0.147. The number of nitrogens with zero attached hydrogens (tertiary/aromatic N) is 3. The molecule has 0 saturated carbocycles. The first kappa shape index (κ1) is 23.8. The summed E-state index contributed by atoms with van der Waals surface area (Å²) < 4.78 is 7.10. The molecule has 1 aliphatic carbocycles. The lowest BCUT2D eigenvalue weighted by Gasteiger charge is -2.15. The Hall–Kier alpha value is -2.91. The molecule has 5 rings (SSSR count). The second kappa shape index (κ2) is 9.62. The van der Waals surface area contributed by atoms with Gasteiger partial charge in [0.25, 0.3) is 0 Å². The molecule has 0 fully saturated rings. The molecule has 0 saturated heterocycles. The lowest BCUT2D eigenvalue weighted by atomic mass is 9.95. The van der Waals surface area contributed by atoms with Gasteiger partial charge in [-0.2, -0.15) is 0 Å². The van der Waals surface area contributed by atoms with E-state index in [1.807, 2.05) is 17.4 Å². The number of carbonyl (C=O) groups is 2. The number of rotatable bonds is 6. The molecule has 4 aromatic rings. The third kappa shape index (κ3) is 4.21. The smallest absolute Gasteiger partial charge is 0.341 e. The highest BCUT2D eigenvalue weighted by Crippen LogP contribution is 2.39. The fourth-order valence-electron chi connectivity index (χ4n) is 4.82. The van der Waals surface area contributed by atoms with Crippen molar-refractivity contribution in [1.82, 2.24) is 14.6 Å². The van der Waals surface area contributed by atoms with Crippen molar-refractivity contribution in [1.29, 1.82) is 0 Å². The van der Waals surface area contributed by atoms with Crippen LogP contribution in [0, 0.1) is 13.8 Å². The second-order valence-corrected chi connectivity index (χ2v) is 11.2. The zero-order valence-electron chi connectivity index (χ0n) is 20.3. The molecule has 1 aliphatic rings. The van der Waals surface area contributed by atoms with Crippen molar-refractivity contribution in [2.45, 2.75) is 63.3 Å². The first-order chi connectivity index (χ1) is 16.9. The monoisotopic (exact) mass is 508 g/mol. The third-order valence-electron chi connectivity index (χ3n) is 6.60. The van der Waals surface area contributed by atoms with Gasteiger partial charge in [-0.15, -0.1) is 21.5 Å². The number of fused-ring (bicyclic) bond motifs is 4. The molecule has 1 aromatic carbocycles. The summed E-state index contributed by atoms with van der Waals surface area (Å²) in [4.78, 5) is 27.2. The maximum atomic E-state index is 13.4. The van der Waals surface area contributed by atoms with Gasteiger partial charge < -0.3 is 10.1 Å². The molecule has 35 heavy (non-hydrogen) atoms. The quantitative estimate of drug-likeness (QED) is 0.264. The first-order valence-electron chi connectivity index (χ1n) is 11.9. The molecule has 9 heteroatoms. The van der Waals surface area contributed by atoms with E-state index in [1.54, 1.807) is 0 Å². The van der Waals surface area contributed by atoms with Gasteiger partial charge in [0.2, 0.25) is 5.91 Å². The molecule has 0 bridgehead atoms. The highest BCUT2D eigenvalue weighted by atomic mass is 32.2. The summed E-state index contributed by atoms with van der Waals surface area (Å²) >= 11 is 2.90. The first-order valence-corrected chi connectivity index (χ1v) is 13.6. The van der Waals surface area contributed by atoms with E-state index in [1.165, 1.54) is 35.1 Å². The summed E-state index contributed by atoms with van der Waals surface area (Å²) in [7, 11) is 1.38. The van der Waals surface area contributed by atoms with Crippen molar-refractivity contribution in [2.75, 3.05) is 12.4 Å².